The predicted octanol–water partition coefficient (Wildman–Crippen LogP) is 8.05. The first-order valence-corrected chi connectivity index (χ1v) is 13.7. The van der Waals surface area contributed by atoms with E-state index in [9.17, 15) is 5.11 Å². The van der Waals surface area contributed by atoms with Gasteiger partial charge < -0.3 is 5.11 Å². The fourth-order valence-electron chi connectivity index (χ4n) is 4.20. The molecule has 2 aromatic rings. The lowest BCUT2D eigenvalue weighted by Crippen LogP contribution is -2.22. The minimum atomic E-state index is -0.101. The highest BCUT2D eigenvalue weighted by molar-refractivity contribution is 14.1. The molecule has 2 atom stereocenters. The molecule has 172 valence electrons. The molecular formula is C27H36IN2OP. The number of allylic oxidation sites excluding steroid dienone is 4. The van der Waals surface area contributed by atoms with Crippen molar-refractivity contribution >= 4 is 37.4 Å². The summed E-state index contributed by atoms with van der Waals surface area (Å²) in [4.78, 5) is 0. The van der Waals surface area contributed by atoms with E-state index >= 15 is 0 Å². The molecule has 3 rings (SSSR count). The van der Waals surface area contributed by atoms with Crippen molar-refractivity contribution in [3.8, 4) is 5.75 Å². The number of rotatable bonds is 7. The largest absolute Gasteiger partial charge is 0.507 e. The summed E-state index contributed by atoms with van der Waals surface area (Å²) in [5.74, 6) is 0.461. The van der Waals surface area contributed by atoms with E-state index in [0.29, 0.717) is 18.3 Å². The zero-order chi connectivity index (χ0) is 23.5. The second-order valence-corrected chi connectivity index (χ2v) is 12.9. The minimum Gasteiger partial charge on any atom is -0.507 e. The molecule has 1 aromatic heterocycles. The van der Waals surface area contributed by atoms with Gasteiger partial charge in [-0.25, -0.2) is 4.68 Å². The molecule has 0 saturated heterocycles. The molecule has 0 amide bonds. The Balaban J connectivity index is 2.11. The molecule has 5 heteroatoms. The molecule has 1 aliphatic rings. The summed E-state index contributed by atoms with van der Waals surface area (Å²) in [7, 11) is 0.562. The highest BCUT2D eigenvalue weighted by Crippen LogP contribution is 2.56. The summed E-state index contributed by atoms with van der Waals surface area (Å²) in [6.45, 7) is 13.3. The molecule has 0 radical (unpaired) electrons. The maximum Gasteiger partial charge on any atom is 0.122 e. The van der Waals surface area contributed by atoms with Crippen LogP contribution in [0.3, 0.4) is 0 Å². The third kappa shape index (κ3) is 5.39. The number of alkyl halides is 1. The van der Waals surface area contributed by atoms with Gasteiger partial charge in [-0.15, -0.1) is 0 Å². The topological polar surface area (TPSA) is 37.5 Å². The third-order valence-electron chi connectivity index (χ3n) is 6.46. The number of phenols is 1. The van der Waals surface area contributed by atoms with Crippen LogP contribution in [0.1, 0.15) is 70.6 Å². The number of aromatic nitrogens is 1. The Kier molecular flexibility index (Phi) is 8.09. The number of halogens is 1. The van der Waals surface area contributed by atoms with Crippen molar-refractivity contribution in [2.75, 3.05) is 0 Å². The maximum absolute atomic E-state index is 11.2. The van der Waals surface area contributed by atoms with E-state index < -0.39 is 0 Å². The number of benzene rings is 1. The van der Waals surface area contributed by atoms with Gasteiger partial charge in [-0.3, -0.25) is 0 Å². The van der Waals surface area contributed by atoms with E-state index in [1.54, 1.807) is 0 Å². The van der Waals surface area contributed by atoms with Gasteiger partial charge in [0.05, 0.1) is 6.21 Å². The summed E-state index contributed by atoms with van der Waals surface area (Å²) in [5, 5.41) is 17.1. The predicted molar refractivity (Wildman–Crippen MR) is 149 cm³/mol. The van der Waals surface area contributed by atoms with Crippen LogP contribution in [-0.4, -0.2) is 19.9 Å². The van der Waals surface area contributed by atoms with Gasteiger partial charge in [0, 0.05) is 27.0 Å². The average Bonchev–Trinajstić information content (AvgIpc) is 3.26. The molecule has 0 bridgehead atoms. The first-order chi connectivity index (χ1) is 15.1. The van der Waals surface area contributed by atoms with Gasteiger partial charge in [-0.05, 0) is 65.7 Å². The number of hydrogen-bond acceptors (Lipinski definition) is 2. The molecule has 0 fully saturated rings. The highest BCUT2D eigenvalue weighted by Gasteiger charge is 2.35. The lowest BCUT2D eigenvalue weighted by atomic mass is 9.81. The van der Waals surface area contributed by atoms with E-state index in [1.807, 2.05) is 42.3 Å². The molecule has 2 unspecified atom stereocenters. The second kappa shape index (κ2) is 10.3. The van der Waals surface area contributed by atoms with Crippen LogP contribution in [-0.2, 0) is 10.6 Å². The molecule has 0 saturated carbocycles. The summed E-state index contributed by atoms with van der Waals surface area (Å²) in [6.07, 6.45) is 13.5. The molecular weight excluding hydrogens is 526 g/mol. The first kappa shape index (κ1) is 25.2. The van der Waals surface area contributed by atoms with Crippen LogP contribution in [0, 0.1) is 6.92 Å². The van der Waals surface area contributed by atoms with Crippen molar-refractivity contribution in [3.05, 3.63) is 76.4 Å². The van der Waals surface area contributed by atoms with Crippen LogP contribution in [0.5, 0.6) is 5.75 Å². The van der Waals surface area contributed by atoms with Crippen molar-refractivity contribution in [2.24, 2.45) is 5.10 Å². The number of nitrogens with zero attached hydrogens (tertiary/aromatic N) is 2. The van der Waals surface area contributed by atoms with Gasteiger partial charge in [0.25, 0.3) is 0 Å². The zero-order valence-corrected chi connectivity index (χ0v) is 23.3. The molecule has 32 heavy (non-hydrogen) atoms. The quantitative estimate of drug-likeness (QED) is 0.158. The fraction of sp³-hybridized carbons (Fsp3) is 0.444. The highest BCUT2D eigenvalue weighted by atomic mass is 127. The molecule has 1 aliphatic carbocycles. The molecule has 1 N–H and O–H groups in total. The third-order valence-corrected chi connectivity index (χ3v) is 9.82. The molecule has 1 aromatic carbocycles. The van der Waals surface area contributed by atoms with Crippen LogP contribution in [0.25, 0.3) is 0 Å². The number of aryl methyl sites for hydroxylation is 1. The minimum absolute atomic E-state index is 0.0371. The van der Waals surface area contributed by atoms with Crippen LogP contribution < -0.4 is 0 Å². The Morgan fingerprint density at radius 2 is 1.84 bits per heavy atom. The van der Waals surface area contributed by atoms with Crippen molar-refractivity contribution in [1.29, 1.82) is 0 Å². The van der Waals surface area contributed by atoms with E-state index in [0.717, 1.165) is 30.4 Å². The van der Waals surface area contributed by atoms with E-state index in [4.69, 9.17) is 0 Å². The van der Waals surface area contributed by atoms with Gasteiger partial charge in [-0.2, -0.15) is 5.10 Å². The smallest absolute Gasteiger partial charge is 0.122 e. The number of phenolic OH excluding ortho intramolecular Hbond substituents is 1. The fourth-order valence-corrected chi connectivity index (χ4v) is 7.07. The molecule has 3 nitrogen and oxygen atoms in total. The summed E-state index contributed by atoms with van der Waals surface area (Å²) >= 11 is 2.54. The number of aromatic hydroxyl groups is 1. The van der Waals surface area contributed by atoms with E-state index in [-0.39, 0.29) is 10.6 Å². The van der Waals surface area contributed by atoms with Crippen LogP contribution in [0.4, 0.5) is 0 Å². The van der Waals surface area contributed by atoms with Crippen LogP contribution in [0.2, 0.25) is 0 Å². The summed E-state index contributed by atoms with van der Waals surface area (Å²) in [6, 6.07) is 8.39. The Hall–Kier alpha value is -1.39. The lowest BCUT2D eigenvalue weighted by Gasteiger charge is -2.36. The van der Waals surface area contributed by atoms with Crippen molar-refractivity contribution < 1.29 is 5.11 Å². The maximum atomic E-state index is 11.2. The first-order valence-electron chi connectivity index (χ1n) is 11.5. The van der Waals surface area contributed by atoms with E-state index in [1.165, 1.54) is 16.5 Å². The van der Waals surface area contributed by atoms with Crippen molar-refractivity contribution in [2.45, 2.75) is 75.3 Å². The van der Waals surface area contributed by atoms with Gasteiger partial charge in [0.15, 0.2) is 0 Å². The van der Waals surface area contributed by atoms with Gasteiger partial charge in [-0.1, -0.05) is 90.1 Å². The Morgan fingerprint density at radius 3 is 2.44 bits per heavy atom. The molecule has 0 spiro atoms. The lowest BCUT2D eigenvalue weighted by molar-refractivity contribution is 0.442. The van der Waals surface area contributed by atoms with Gasteiger partial charge >= 0.3 is 0 Å². The van der Waals surface area contributed by atoms with Crippen molar-refractivity contribution in [3.63, 3.8) is 0 Å². The summed E-state index contributed by atoms with van der Waals surface area (Å²) < 4.78 is 2.26. The van der Waals surface area contributed by atoms with Gasteiger partial charge in [0.1, 0.15) is 5.75 Å². The normalized spacial score (nSPS) is 17.9. The Labute approximate surface area is 209 Å². The van der Waals surface area contributed by atoms with Gasteiger partial charge in [0.2, 0.25) is 0 Å². The zero-order valence-electron chi connectivity index (χ0n) is 20.1. The standard InChI is InChI=1S/C27H36IN2OP/c1-7-27(8-2,22-17-20(26(4,5)6)16-19(3)25(22)31)32-24-13-11-12-23(28)21(24)18-29-30-14-9-10-15-30/h9-11,13-18,23,31-32H,7-8,12H2,1-6H3/b29-18+. The molecule has 0 aliphatic heterocycles. The number of hydrogen-bond donors (Lipinski definition) is 1. The molecule has 1 heterocycles. The SMILES string of the molecule is CCC(CC)(PC1=C(/C=N/n2cccc2)C(I)CC=C1)c1cc(C(C)(C)C)cc(C)c1O. The van der Waals surface area contributed by atoms with E-state index in [2.05, 4.69) is 86.6 Å². The van der Waals surface area contributed by atoms with Crippen LogP contribution >= 0.6 is 31.2 Å². The summed E-state index contributed by atoms with van der Waals surface area (Å²) in [5.41, 5.74) is 4.69. The monoisotopic (exact) mass is 562 g/mol. The second-order valence-electron chi connectivity index (χ2n) is 9.64. The Morgan fingerprint density at radius 1 is 1.19 bits per heavy atom. The van der Waals surface area contributed by atoms with Crippen LogP contribution in [0.15, 0.2) is 64.8 Å². The van der Waals surface area contributed by atoms with Crippen molar-refractivity contribution in [1.82, 2.24) is 4.68 Å². The Bertz CT molecular complexity index is 1020. The average molecular weight is 562 g/mol.